The molecule has 4 heterocycles. The third-order valence-electron chi connectivity index (χ3n) is 10.1. The second-order valence-corrected chi connectivity index (χ2v) is 12.5. The molecule has 0 aliphatic carbocycles. The third-order valence-corrected chi connectivity index (χ3v) is 10.1. The Morgan fingerprint density at radius 3 is 1.96 bits per heavy atom. The first kappa shape index (κ1) is 25.0. The number of ether oxygens (including phenoxy) is 1. The molecule has 47 heavy (non-hydrogen) atoms. The predicted molar refractivity (Wildman–Crippen MR) is 195 cm³/mol. The Bertz CT molecular complexity index is 2740. The first-order valence-electron chi connectivity index (χ1n) is 16.2. The van der Waals surface area contributed by atoms with Crippen molar-refractivity contribution < 1.29 is 4.74 Å². The average Bonchev–Trinajstić information content (AvgIpc) is 3.66. The maximum absolute atomic E-state index is 6.79. The molecule has 0 fully saturated rings. The van der Waals surface area contributed by atoms with E-state index in [0.717, 1.165) is 34.1 Å². The van der Waals surface area contributed by atoms with Gasteiger partial charge in [-0.3, -0.25) is 0 Å². The zero-order chi connectivity index (χ0) is 30.6. The quantitative estimate of drug-likeness (QED) is 0.185. The monoisotopic (exact) mass is 599 g/mol. The van der Waals surface area contributed by atoms with Crippen LogP contribution in [0.25, 0.3) is 55.0 Å². The van der Waals surface area contributed by atoms with Gasteiger partial charge in [0.2, 0.25) is 0 Å². The molecule has 0 atom stereocenters. The number of benzene rings is 7. The van der Waals surface area contributed by atoms with Crippen LogP contribution in [0.15, 0.2) is 158 Å². The molecule has 0 radical (unpaired) electrons. The lowest BCUT2D eigenvalue weighted by atomic mass is 9.46. The summed E-state index contributed by atoms with van der Waals surface area (Å²) in [6.07, 6.45) is 0. The highest BCUT2D eigenvalue weighted by atomic mass is 16.5. The van der Waals surface area contributed by atoms with Gasteiger partial charge in [0.1, 0.15) is 5.75 Å². The van der Waals surface area contributed by atoms with Crippen molar-refractivity contribution in [1.29, 1.82) is 0 Å². The third kappa shape index (κ3) is 3.23. The van der Waals surface area contributed by atoms with Gasteiger partial charge in [-0.1, -0.05) is 103 Å². The Hall–Kier alpha value is -6.20. The summed E-state index contributed by atoms with van der Waals surface area (Å²) < 4.78 is 11.7. The van der Waals surface area contributed by atoms with Gasteiger partial charge >= 0.3 is 6.85 Å². The van der Waals surface area contributed by atoms with Crippen molar-refractivity contribution in [1.82, 2.24) is 9.13 Å². The molecule has 9 aromatic rings. The fourth-order valence-corrected chi connectivity index (χ4v) is 8.33. The molecule has 2 aromatic heterocycles. The van der Waals surface area contributed by atoms with E-state index in [4.69, 9.17) is 4.74 Å². The van der Waals surface area contributed by atoms with Crippen LogP contribution in [0.1, 0.15) is 0 Å². The van der Waals surface area contributed by atoms with Crippen molar-refractivity contribution >= 4 is 72.8 Å². The van der Waals surface area contributed by atoms with Gasteiger partial charge in [-0.15, -0.1) is 0 Å². The van der Waals surface area contributed by atoms with E-state index in [2.05, 4.69) is 172 Å². The fraction of sp³-hybridized carbons (Fsp3) is 0. The van der Waals surface area contributed by atoms with E-state index in [1.165, 1.54) is 54.7 Å². The van der Waals surface area contributed by atoms with E-state index < -0.39 is 0 Å². The van der Waals surface area contributed by atoms with E-state index in [9.17, 15) is 0 Å². The first-order chi connectivity index (χ1) is 23.4. The molecule has 0 unspecified atom stereocenters. The molecule has 7 aromatic carbocycles. The van der Waals surface area contributed by atoms with Gasteiger partial charge in [-0.05, 0) is 65.5 Å². The second kappa shape index (κ2) is 9.18. The molecule has 0 N–H and O–H groups in total. The molecule has 4 nitrogen and oxygen atoms in total. The van der Waals surface area contributed by atoms with Crippen LogP contribution in [-0.2, 0) is 0 Å². The minimum absolute atomic E-state index is 0.0973. The molecule has 0 bridgehead atoms. The number of hydrogen-bond donors (Lipinski definition) is 0. The van der Waals surface area contributed by atoms with E-state index in [1.54, 1.807) is 0 Å². The Morgan fingerprint density at radius 1 is 0.426 bits per heavy atom. The standard InChI is InChI=1S/C42H26BN3O/c1-2-13-27(14-3-1)44-34-21-8-5-16-30(34)40-37(44)25-26-39-42(40)46(36-23-10-11-24-38(36)47-39)43-31-18-6-9-22-35(31)45-33-20-7-4-15-28(33)29-17-12-19-32(43)41(29)45/h1-26H. The maximum Gasteiger partial charge on any atom is 0.332 e. The Morgan fingerprint density at radius 2 is 1.09 bits per heavy atom. The lowest BCUT2D eigenvalue weighted by Gasteiger charge is -2.40. The second-order valence-electron chi connectivity index (χ2n) is 12.5. The number of hydrogen-bond acceptors (Lipinski definition) is 2. The molecule has 0 saturated heterocycles. The summed E-state index contributed by atoms with van der Waals surface area (Å²) in [6.45, 7) is -0.0973. The summed E-state index contributed by atoms with van der Waals surface area (Å²) >= 11 is 0. The lowest BCUT2D eigenvalue weighted by molar-refractivity contribution is 0.479. The van der Waals surface area contributed by atoms with Crippen molar-refractivity contribution in [2.24, 2.45) is 0 Å². The smallest absolute Gasteiger partial charge is 0.332 e. The van der Waals surface area contributed by atoms with E-state index >= 15 is 0 Å². The largest absolute Gasteiger partial charge is 0.453 e. The SMILES string of the molecule is c1ccc(-n2c3ccccc3c3c4c(ccc32)Oc2ccccc2N4B2c3ccccc3-n3c4ccccc4c4cccc2c43)cc1. The fourth-order valence-electron chi connectivity index (χ4n) is 8.33. The topological polar surface area (TPSA) is 22.3 Å². The van der Waals surface area contributed by atoms with Crippen LogP contribution in [-0.4, -0.2) is 16.0 Å². The van der Waals surface area contributed by atoms with Crippen LogP contribution in [0.3, 0.4) is 0 Å². The summed E-state index contributed by atoms with van der Waals surface area (Å²) in [5.41, 5.74) is 11.9. The van der Waals surface area contributed by atoms with Gasteiger partial charge in [0.25, 0.3) is 0 Å². The van der Waals surface area contributed by atoms with Crippen molar-refractivity contribution in [3.63, 3.8) is 0 Å². The Balaban J connectivity index is 1.30. The minimum Gasteiger partial charge on any atom is -0.453 e. The molecule has 0 amide bonds. The zero-order valence-electron chi connectivity index (χ0n) is 25.3. The highest BCUT2D eigenvalue weighted by Gasteiger charge is 2.42. The Kier molecular flexibility index (Phi) is 4.89. The van der Waals surface area contributed by atoms with Gasteiger partial charge in [0.15, 0.2) is 5.75 Å². The summed E-state index contributed by atoms with van der Waals surface area (Å²) in [5.74, 6) is 1.73. The molecule has 0 saturated carbocycles. The van der Waals surface area contributed by atoms with Gasteiger partial charge in [0, 0.05) is 32.9 Å². The number of nitrogens with zero attached hydrogens (tertiary/aromatic N) is 3. The van der Waals surface area contributed by atoms with Gasteiger partial charge in [-0.2, -0.15) is 0 Å². The number of aromatic nitrogens is 2. The molecular formula is C42H26BN3O. The summed E-state index contributed by atoms with van der Waals surface area (Å²) in [5, 5.41) is 4.94. The predicted octanol–water partition coefficient (Wildman–Crippen LogP) is 9.24. The van der Waals surface area contributed by atoms with Gasteiger partial charge < -0.3 is 18.7 Å². The van der Waals surface area contributed by atoms with Crippen LogP contribution in [0, 0.1) is 0 Å². The van der Waals surface area contributed by atoms with Crippen molar-refractivity contribution in [2.75, 3.05) is 4.81 Å². The highest BCUT2D eigenvalue weighted by Crippen LogP contribution is 2.53. The first-order valence-corrected chi connectivity index (χ1v) is 16.2. The van der Waals surface area contributed by atoms with Crippen molar-refractivity contribution in [3.8, 4) is 22.9 Å². The summed E-state index contributed by atoms with van der Waals surface area (Å²) in [6, 6.07) is 56.8. The summed E-state index contributed by atoms with van der Waals surface area (Å²) in [7, 11) is 0. The molecule has 2 aliphatic rings. The highest BCUT2D eigenvalue weighted by molar-refractivity contribution is 6.92. The average molecular weight is 600 g/mol. The zero-order valence-corrected chi connectivity index (χ0v) is 25.3. The molecule has 218 valence electrons. The number of rotatable bonds is 2. The molecule has 2 aliphatic heterocycles. The molecule has 11 rings (SSSR count). The van der Waals surface area contributed by atoms with E-state index in [1.807, 2.05) is 0 Å². The Labute approximate surface area is 271 Å². The molecule has 5 heteroatoms. The summed E-state index contributed by atoms with van der Waals surface area (Å²) in [4.78, 5) is 2.56. The van der Waals surface area contributed by atoms with Crippen LogP contribution in [0.5, 0.6) is 11.5 Å². The van der Waals surface area contributed by atoms with Crippen molar-refractivity contribution in [3.05, 3.63) is 158 Å². The minimum atomic E-state index is -0.0973. The van der Waals surface area contributed by atoms with Crippen LogP contribution in [0.4, 0.5) is 11.4 Å². The van der Waals surface area contributed by atoms with Gasteiger partial charge in [0.05, 0.1) is 33.4 Å². The maximum atomic E-state index is 6.79. The van der Waals surface area contributed by atoms with Crippen LogP contribution in [0.2, 0.25) is 0 Å². The van der Waals surface area contributed by atoms with Crippen molar-refractivity contribution in [2.45, 2.75) is 0 Å². The normalized spacial score (nSPS) is 13.2. The van der Waals surface area contributed by atoms with E-state index in [0.29, 0.717) is 0 Å². The molecular weight excluding hydrogens is 573 g/mol. The lowest BCUT2D eigenvalue weighted by Crippen LogP contribution is -2.58. The van der Waals surface area contributed by atoms with Gasteiger partial charge in [-0.25, -0.2) is 0 Å². The van der Waals surface area contributed by atoms with Crippen LogP contribution >= 0.6 is 0 Å². The molecule has 0 spiro atoms. The van der Waals surface area contributed by atoms with E-state index in [-0.39, 0.29) is 6.85 Å². The number of fused-ring (bicyclic) bond motifs is 11. The number of anilines is 2. The van der Waals surface area contributed by atoms with Crippen LogP contribution < -0.4 is 20.5 Å². The number of para-hydroxylation sites is 7.